The second-order valence-corrected chi connectivity index (χ2v) is 16.3. The number of benzene rings is 4. The van der Waals surface area contributed by atoms with Crippen molar-refractivity contribution in [2.75, 3.05) is 31.6 Å². The third-order valence-electron chi connectivity index (χ3n) is 9.15. The number of nitrogens with zero attached hydrogens (tertiary/aromatic N) is 3. The molecule has 4 aromatic rings. The molecule has 0 fully saturated rings. The quantitative estimate of drug-likeness (QED) is 0.0385. The Morgan fingerprint density at radius 1 is 0.672 bits per heavy atom. The molecule has 0 radical (unpaired) electrons. The molecule has 0 aromatic heterocycles. The molecule has 4 rings (SSSR count). The van der Waals surface area contributed by atoms with Crippen LogP contribution in [0.2, 0.25) is 0 Å². The highest BCUT2D eigenvalue weighted by Crippen LogP contribution is 2.38. The number of nitrogens with two attached hydrogens (primary N) is 3. The van der Waals surface area contributed by atoms with Crippen molar-refractivity contribution in [3.8, 4) is 23.0 Å². The number of phenols is 4. The average molecular weight is 819 g/mol. The maximum absolute atomic E-state index is 11.0. The molecular weight excluding hydrogens is 753 g/mol. The van der Waals surface area contributed by atoms with Gasteiger partial charge in [0, 0.05) is 10.8 Å². The van der Waals surface area contributed by atoms with Crippen molar-refractivity contribution in [1.82, 2.24) is 4.90 Å². The van der Waals surface area contributed by atoms with Crippen molar-refractivity contribution in [2.24, 2.45) is 21.5 Å². The summed E-state index contributed by atoms with van der Waals surface area (Å²) in [6.07, 6.45) is 1.35. The van der Waals surface area contributed by atoms with E-state index in [1.54, 1.807) is 55.5 Å². The van der Waals surface area contributed by atoms with Gasteiger partial charge in [-0.2, -0.15) is 4.99 Å². The zero-order chi connectivity index (χ0) is 44.4. The molecule has 0 aliphatic rings. The van der Waals surface area contributed by atoms with Crippen LogP contribution < -0.4 is 17.2 Å². The highest BCUT2D eigenvalue weighted by Gasteiger charge is 2.25. The lowest BCUT2D eigenvalue weighted by Crippen LogP contribution is -2.22. The van der Waals surface area contributed by atoms with Crippen LogP contribution in [0.25, 0.3) is 0 Å². The number of ether oxygens (including phenoxy) is 1. The topological polar surface area (TPSA) is 213 Å². The van der Waals surface area contributed by atoms with Gasteiger partial charge in [0.25, 0.3) is 0 Å². The fourth-order valence-electron chi connectivity index (χ4n) is 5.30. The molecule has 0 aliphatic carbocycles. The van der Waals surface area contributed by atoms with Gasteiger partial charge >= 0.3 is 6.09 Å². The molecule has 0 saturated carbocycles. The highest BCUT2D eigenvalue weighted by molar-refractivity contribution is 8.13. The van der Waals surface area contributed by atoms with E-state index in [2.05, 4.69) is 49.5 Å². The number of nitrogen functional groups attached to an aromatic ring is 1. The maximum Gasteiger partial charge on any atom is 0.434 e. The van der Waals surface area contributed by atoms with Crippen LogP contribution in [0, 0.1) is 0 Å². The Bertz CT molecular complexity index is 1930. The van der Waals surface area contributed by atoms with Crippen LogP contribution in [-0.4, -0.2) is 73.9 Å². The summed E-state index contributed by atoms with van der Waals surface area (Å²) in [4.78, 5) is 21.0. The number of carbonyl (C=O) groups excluding carboxylic acids is 1. The minimum atomic E-state index is -0.519. The Labute approximate surface area is 349 Å². The molecule has 0 spiro atoms. The van der Waals surface area contributed by atoms with Gasteiger partial charge in [-0.25, -0.2) is 9.79 Å². The molecule has 58 heavy (non-hydrogen) atoms. The number of hydrogen-bond donors (Lipinski definition) is 7. The Hall–Kier alpha value is -5.40. The average Bonchev–Trinajstić information content (AvgIpc) is 3.14. The summed E-state index contributed by atoms with van der Waals surface area (Å²) in [6, 6.07) is 24.5. The number of aromatic hydroxyl groups is 4. The lowest BCUT2D eigenvalue weighted by molar-refractivity contribution is 0.0604. The summed E-state index contributed by atoms with van der Waals surface area (Å²) >= 11 is 1.43. The summed E-state index contributed by atoms with van der Waals surface area (Å²) in [7, 11) is 0. The number of phenolic OH excluding ortho intramolecular Hbond substituents is 4. The Morgan fingerprint density at radius 2 is 1.07 bits per heavy atom. The van der Waals surface area contributed by atoms with Crippen molar-refractivity contribution < 1.29 is 30.0 Å². The zero-order valence-corrected chi connectivity index (χ0v) is 37.1. The van der Waals surface area contributed by atoms with Crippen LogP contribution >= 0.6 is 11.8 Å². The van der Waals surface area contributed by atoms with Gasteiger partial charge in [-0.05, 0) is 124 Å². The molecule has 1 amide bonds. The first-order valence-electron chi connectivity index (χ1n) is 19.1. The van der Waals surface area contributed by atoms with Crippen LogP contribution in [0.3, 0.4) is 0 Å². The van der Waals surface area contributed by atoms with Crippen molar-refractivity contribution in [3.05, 3.63) is 107 Å². The third kappa shape index (κ3) is 17.0. The van der Waals surface area contributed by atoms with Gasteiger partial charge in [-0.3, -0.25) is 0 Å². The van der Waals surface area contributed by atoms with Gasteiger partial charge < -0.3 is 47.3 Å². The Kier molecular flexibility index (Phi) is 20.2. The van der Waals surface area contributed by atoms with Gasteiger partial charge in [0.05, 0.1) is 10.7 Å². The molecule has 0 heterocycles. The number of amides is 1. The van der Waals surface area contributed by atoms with Crippen molar-refractivity contribution >= 4 is 40.2 Å². The molecule has 318 valence electrons. The van der Waals surface area contributed by atoms with Gasteiger partial charge in [0.2, 0.25) is 0 Å². The Morgan fingerprint density at radius 3 is 1.41 bits per heavy atom. The van der Waals surface area contributed by atoms with Crippen molar-refractivity contribution in [1.29, 1.82) is 0 Å². The normalized spacial score (nSPS) is 11.5. The maximum atomic E-state index is 11.0. The zero-order valence-electron chi connectivity index (χ0n) is 36.3. The number of thioether (sulfide) groups is 1. The number of hydrogen-bond acceptors (Lipinski definition) is 10. The van der Waals surface area contributed by atoms with Crippen LogP contribution in [0.15, 0.2) is 94.9 Å². The van der Waals surface area contributed by atoms with E-state index in [1.807, 2.05) is 77.3 Å². The molecule has 0 unspecified atom stereocenters. The molecule has 0 bridgehead atoms. The van der Waals surface area contributed by atoms with E-state index in [4.69, 9.17) is 21.9 Å². The summed E-state index contributed by atoms with van der Waals surface area (Å²) in [5.41, 5.74) is 20.2. The molecular formula is C45H66N6O6S. The number of carbonyl (C=O) groups is 1. The van der Waals surface area contributed by atoms with E-state index < -0.39 is 11.7 Å². The van der Waals surface area contributed by atoms with E-state index in [0.717, 1.165) is 22.3 Å². The van der Waals surface area contributed by atoms with Crippen molar-refractivity contribution in [2.45, 2.75) is 92.6 Å². The highest BCUT2D eigenvalue weighted by atomic mass is 32.2. The summed E-state index contributed by atoms with van der Waals surface area (Å²) in [6.45, 7) is 25.6. The van der Waals surface area contributed by atoms with E-state index in [-0.39, 0.29) is 39.8 Å². The smallest absolute Gasteiger partial charge is 0.434 e. The summed E-state index contributed by atoms with van der Waals surface area (Å²) in [5.74, 6) is 0.486. The minimum absolute atomic E-state index is 0.0219. The molecule has 0 atom stereocenters. The predicted molar refractivity (Wildman–Crippen MR) is 243 cm³/mol. The van der Waals surface area contributed by atoms with E-state index >= 15 is 0 Å². The molecule has 0 aliphatic heterocycles. The predicted octanol–water partition coefficient (Wildman–Crippen LogP) is 9.39. The SMILES string of the molecule is CC(C)(c1ccc(O)cc1)c1ccc(O)c(N)c1.CC(C)(c1ccc(O)cc1)c1ccc(O)c(N=C(N)N)c1.CCN(CC)CC.CSC(C)=NC(=O)OC(C)(C)C. The molecule has 10 N–H and O–H groups in total. The molecule has 13 heteroatoms. The fraction of sp³-hybridized carbons (Fsp3) is 0.400. The minimum Gasteiger partial charge on any atom is -0.508 e. The largest absolute Gasteiger partial charge is 0.508 e. The van der Waals surface area contributed by atoms with E-state index in [9.17, 15) is 25.2 Å². The van der Waals surface area contributed by atoms with E-state index in [1.165, 1.54) is 31.4 Å². The van der Waals surface area contributed by atoms with Gasteiger partial charge in [-0.1, -0.05) is 84.9 Å². The molecule has 4 aromatic carbocycles. The summed E-state index contributed by atoms with van der Waals surface area (Å²) in [5, 5.41) is 38.7. The third-order valence-corrected chi connectivity index (χ3v) is 9.84. The molecule has 12 nitrogen and oxygen atoms in total. The molecule has 0 saturated heterocycles. The second kappa shape index (κ2) is 23.1. The van der Waals surface area contributed by atoms with E-state index in [0.29, 0.717) is 16.4 Å². The number of aliphatic imine (C=N–C) groups is 2. The van der Waals surface area contributed by atoms with Crippen LogP contribution in [-0.2, 0) is 15.6 Å². The van der Waals surface area contributed by atoms with Crippen LogP contribution in [0.1, 0.15) is 98.4 Å². The number of anilines is 1. The first-order chi connectivity index (χ1) is 26.9. The first kappa shape index (κ1) is 50.6. The second-order valence-electron chi connectivity index (χ2n) is 15.3. The lowest BCUT2D eigenvalue weighted by Gasteiger charge is -2.26. The number of guanidine groups is 1. The van der Waals surface area contributed by atoms with Crippen LogP contribution in [0.5, 0.6) is 23.0 Å². The standard InChI is InChI=1S/C16H19N3O2.C15H17NO2.C8H15NO2S.C6H15N/c1-16(2,10-3-6-12(20)7-4-10)11-5-8-14(21)13(9-11)19-15(17)18;1-15(2,10-3-6-12(17)7-4-10)11-5-8-14(18)13(16)9-11;1-6(12-5)9-7(10)11-8(2,3)4;1-4-7(5-2)6-3/h3-9,20-21H,1-2H3,(H4,17,18,19);3-9,17-18H,16H2,1-2H3;1-5H3;4-6H2,1-3H3. The Balaban J connectivity index is 0.000000414. The van der Waals surface area contributed by atoms with Gasteiger partial charge in [0.1, 0.15) is 34.3 Å². The summed E-state index contributed by atoms with van der Waals surface area (Å²) < 4.78 is 4.97. The number of rotatable bonds is 8. The first-order valence-corrected chi connectivity index (χ1v) is 20.3. The van der Waals surface area contributed by atoms with Gasteiger partial charge in [-0.15, -0.1) is 11.8 Å². The van der Waals surface area contributed by atoms with Crippen molar-refractivity contribution in [3.63, 3.8) is 0 Å². The van der Waals surface area contributed by atoms with Crippen LogP contribution in [0.4, 0.5) is 16.2 Å². The lowest BCUT2D eigenvalue weighted by atomic mass is 9.78. The monoisotopic (exact) mass is 818 g/mol. The van der Waals surface area contributed by atoms with Gasteiger partial charge in [0.15, 0.2) is 5.96 Å². The fourth-order valence-corrected chi connectivity index (χ4v) is 5.47.